The van der Waals surface area contributed by atoms with Crippen LogP contribution in [-0.2, 0) is 11.3 Å². The monoisotopic (exact) mass is 412 g/mol. The van der Waals surface area contributed by atoms with E-state index in [9.17, 15) is 4.79 Å². The third kappa shape index (κ3) is 5.80. The maximum Gasteiger partial charge on any atom is 0.233 e. The lowest BCUT2D eigenvalue weighted by molar-refractivity contribution is -0.132. The average Bonchev–Trinajstić information content (AvgIpc) is 2.65. The van der Waals surface area contributed by atoms with Gasteiger partial charge in [-0.05, 0) is 37.3 Å². The highest BCUT2D eigenvalue weighted by Crippen LogP contribution is 2.28. The molecule has 0 aliphatic carbocycles. The van der Waals surface area contributed by atoms with Crippen LogP contribution in [0.5, 0.6) is 0 Å². The molecule has 1 aromatic carbocycles. The maximum atomic E-state index is 12.9. The van der Waals surface area contributed by atoms with Crippen molar-refractivity contribution < 1.29 is 4.79 Å². The van der Waals surface area contributed by atoms with Crippen LogP contribution in [0.3, 0.4) is 0 Å². The number of rotatable bonds is 6. The number of benzene rings is 1. The number of piperidine rings is 1. The molecule has 1 fully saturated rings. The van der Waals surface area contributed by atoms with Crippen molar-refractivity contribution in [1.29, 1.82) is 0 Å². The predicted octanol–water partition coefficient (Wildman–Crippen LogP) is 3.80. The van der Waals surface area contributed by atoms with E-state index in [0.717, 1.165) is 31.0 Å². The van der Waals surface area contributed by atoms with Crippen molar-refractivity contribution in [1.82, 2.24) is 19.8 Å². The minimum atomic E-state index is 0.151. The molecule has 2 unspecified atom stereocenters. The third-order valence-corrected chi connectivity index (χ3v) is 6.47. The summed E-state index contributed by atoms with van der Waals surface area (Å²) in [5, 5.41) is 0.683. The van der Waals surface area contributed by atoms with Gasteiger partial charge in [0.25, 0.3) is 0 Å². The van der Waals surface area contributed by atoms with Gasteiger partial charge in [0.2, 0.25) is 5.91 Å². The van der Waals surface area contributed by atoms with Gasteiger partial charge in [0.05, 0.1) is 5.75 Å². The zero-order chi connectivity index (χ0) is 21.0. The summed E-state index contributed by atoms with van der Waals surface area (Å²) in [7, 11) is 1.95. The van der Waals surface area contributed by atoms with Crippen molar-refractivity contribution in [3.8, 4) is 0 Å². The van der Waals surface area contributed by atoms with E-state index in [-0.39, 0.29) is 11.9 Å². The van der Waals surface area contributed by atoms with Gasteiger partial charge in [-0.25, -0.2) is 9.97 Å². The van der Waals surface area contributed by atoms with Crippen LogP contribution in [-0.4, -0.2) is 57.6 Å². The van der Waals surface area contributed by atoms with Gasteiger partial charge in [-0.2, -0.15) is 0 Å². The number of nitrogens with zero attached hydrogens (tertiary/aromatic N) is 4. The van der Waals surface area contributed by atoms with Crippen LogP contribution < -0.4 is 0 Å². The van der Waals surface area contributed by atoms with Crippen molar-refractivity contribution in [3.63, 3.8) is 0 Å². The highest BCUT2D eigenvalue weighted by molar-refractivity contribution is 7.99. The Hall–Kier alpha value is -1.92. The van der Waals surface area contributed by atoms with Gasteiger partial charge in [-0.15, -0.1) is 0 Å². The van der Waals surface area contributed by atoms with Crippen LogP contribution in [0.2, 0.25) is 0 Å². The second-order valence-corrected chi connectivity index (χ2v) is 9.29. The maximum absolute atomic E-state index is 12.9. The van der Waals surface area contributed by atoms with E-state index in [4.69, 9.17) is 0 Å². The number of amides is 1. The summed E-state index contributed by atoms with van der Waals surface area (Å²) >= 11 is 1.43. The molecule has 2 aromatic rings. The van der Waals surface area contributed by atoms with Crippen molar-refractivity contribution in [2.24, 2.45) is 11.8 Å². The molecular formula is C23H32N4OS. The number of carbonyl (C=O) groups is 1. The molecule has 1 aliphatic heterocycles. The minimum absolute atomic E-state index is 0.151. The molecule has 5 nitrogen and oxygen atoms in total. The zero-order valence-corrected chi connectivity index (χ0v) is 18.9. The number of likely N-dealkylation sites (tertiary alicyclic amines) is 1. The second-order valence-electron chi connectivity index (χ2n) is 8.35. The Labute approximate surface area is 178 Å². The Morgan fingerprint density at radius 2 is 1.69 bits per heavy atom. The van der Waals surface area contributed by atoms with E-state index in [0.29, 0.717) is 22.7 Å². The Bertz CT molecular complexity index is 797. The molecule has 2 heterocycles. The summed E-state index contributed by atoms with van der Waals surface area (Å²) in [5.41, 5.74) is 3.22. The fourth-order valence-corrected chi connectivity index (χ4v) is 5.43. The average molecular weight is 413 g/mol. The predicted molar refractivity (Wildman–Crippen MR) is 119 cm³/mol. The normalized spacial score (nSPS) is 22.4. The van der Waals surface area contributed by atoms with Gasteiger partial charge in [-0.3, -0.25) is 9.69 Å². The fraction of sp³-hybridized carbons (Fsp3) is 0.522. The molecule has 1 aliphatic rings. The first-order chi connectivity index (χ1) is 13.8. The summed E-state index contributed by atoms with van der Waals surface area (Å²) in [4.78, 5) is 26.2. The third-order valence-electron chi connectivity index (χ3n) is 5.63. The van der Waals surface area contributed by atoms with Crippen molar-refractivity contribution >= 4 is 17.7 Å². The van der Waals surface area contributed by atoms with E-state index < -0.39 is 0 Å². The van der Waals surface area contributed by atoms with Crippen LogP contribution in [0.25, 0.3) is 0 Å². The van der Waals surface area contributed by atoms with Crippen molar-refractivity contribution in [2.75, 3.05) is 25.9 Å². The molecule has 0 bridgehead atoms. The van der Waals surface area contributed by atoms with Gasteiger partial charge in [0.15, 0.2) is 5.16 Å². The number of hydrogen-bond donors (Lipinski definition) is 0. The van der Waals surface area contributed by atoms with Gasteiger partial charge >= 0.3 is 0 Å². The highest BCUT2D eigenvalue weighted by atomic mass is 32.2. The molecule has 0 spiro atoms. The first kappa shape index (κ1) is 21.8. The summed E-state index contributed by atoms with van der Waals surface area (Å²) < 4.78 is 0. The van der Waals surface area contributed by atoms with E-state index in [1.807, 2.05) is 31.9 Å². The largest absolute Gasteiger partial charge is 0.341 e. The van der Waals surface area contributed by atoms with Gasteiger partial charge in [0.1, 0.15) is 0 Å². The Morgan fingerprint density at radius 1 is 1.10 bits per heavy atom. The topological polar surface area (TPSA) is 49.3 Å². The van der Waals surface area contributed by atoms with Crippen LogP contribution in [0.1, 0.15) is 30.8 Å². The van der Waals surface area contributed by atoms with Crippen molar-refractivity contribution in [3.05, 3.63) is 53.3 Å². The standard InChI is InChI=1S/C23H32N4OS/c1-16-12-27(14-20-9-7-6-8-10-20)13-17(2)22(16)26(5)21(28)15-29-23-24-18(3)11-19(4)25-23/h6-11,16-17,22H,12-15H2,1-5H3. The van der Waals surface area contributed by atoms with Gasteiger partial charge < -0.3 is 4.90 Å². The Kier molecular flexibility index (Phi) is 7.30. The molecule has 3 rings (SSSR count). The minimum Gasteiger partial charge on any atom is -0.341 e. The SMILES string of the molecule is Cc1cc(C)nc(SCC(=O)N(C)C2C(C)CN(Cc3ccccc3)CC2C)n1. The van der Waals surface area contributed by atoms with Crippen molar-refractivity contribution in [2.45, 2.75) is 45.4 Å². The summed E-state index contributed by atoms with van der Waals surface area (Å²) in [6.07, 6.45) is 0. The molecular weight excluding hydrogens is 380 g/mol. The molecule has 29 heavy (non-hydrogen) atoms. The lowest BCUT2D eigenvalue weighted by atomic mass is 9.84. The summed E-state index contributed by atoms with van der Waals surface area (Å²) in [6, 6.07) is 12.8. The van der Waals surface area contributed by atoms with Gasteiger partial charge in [-0.1, -0.05) is 55.9 Å². The number of thioether (sulfide) groups is 1. The zero-order valence-electron chi connectivity index (χ0n) is 18.1. The summed E-state index contributed by atoms with van der Waals surface area (Å²) in [6.45, 7) is 11.4. The Morgan fingerprint density at radius 3 is 2.28 bits per heavy atom. The lowest BCUT2D eigenvalue weighted by Gasteiger charge is -2.45. The number of carbonyl (C=O) groups excluding carboxylic acids is 1. The molecule has 2 atom stereocenters. The lowest BCUT2D eigenvalue weighted by Crippen LogP contribution is -2.55. The smallest absolute Gasteiger partial charge is 0.233 e. The fourth-order valence-electron chi connectivity index (χ4n) is 4.55. The van der Waals surface area contributed by atoms with Crippen LogP contribution in [0.4, 0.5) is 0 Å². The molecule has 156 valence electrons. The first-order valence-electron chi connectivity index (χ1n) is 10.3. The van der Waals surface area contributed by atoms with Crippen LogP contribution >= 0.6 is 11.8 Å². The number of aryl methyl sites for hydroxylation is 2. The van der Waals surface area contributed by atoms with E-state index in [1.165, 1.54) is 17.3 Å². The first-order valence-corrected chi connectivity index (χ1v) is 11.3. The molecule has 0 saturated carbocycles. The highest BCUT2D eigenvalue weighted by Gasteiger charge is 2.36. The number of hydrogen-bond acceptors (Lipinski definition) is 5. The molecule has 0 N–H and O–H groups in total. The Balaban J connectivity index is 1.57. The quantitative estimate of drug-likeness (QED) is 0.534. The van der Waals surface area contributed by atoms with Crippen LogP contribution in [0, 0.1) is 25.7 Å². The van der Waals surface area contributed by atoms with E-state index >= 15 is 0 Å². The molecule has 1 saturated heterocycles. The number of aromatic nitrogens is 2. The van der Waals surface area contributed by atoms with E-state index in [1.54, 1.807) is 0 Å². The molecule has 1 aromatic heterocycles. The van der Waals surface area contributed by atoms with Gasteiger partial charge in [0, 0.05) is 44.1 Å². The summed E-state index contributed by atoms with van der Waals surface area (Å²) in [5.74, 6) is 1.39. The molecule has 0 radical (unpaired) electrons. The van der Waals surface area contributed by atoms with E-state index in [2.05, 4.69) is 59.0 Å². The van der Waals surface area contributed by atoms with Crippen LogP contribution in [0.15, 0.2) is 41.6 Å². The molecule has 1 amide bonds. The molecule has 6 heteroatoms. The second kappa shape index (κ2) is 9.72.